The predicted octanol–water partition coefficient (Wildman–Crippen LogP) is 3.17. The van der Waals surface area contributed by atoms with Crippen LogP contribution in [0.25, 0.3) is 11.0 Å². The molecule has 1 aromatic carbocycles. The van der Waals surface area contributed by atoms with Crippen LogP contribution < -0.4 is 5.73 Å². The third-order valence-corrected chi connectivity index (χ3v) is 2.68. The third kappa shape index (κ3) is 1.63. The topological polar surface area (TPSA) is 43.8 Å². The first kappa shape index (κ1) is 11.2. The second kappa shape index (κ2) is 3.35. The molecule has 0 aliphatic rings. The van der Waals surface area contributed by atoms with Crippen molar-refractivity contribution in [2.45, 2.75) is 26.3 Å². The van der Waals surface area contributed by atoms with E-state index < -0.39 is 5.82 Å². The standard InChI is InChI=1S/C11H13ClFN3/c1-11(2,3)16-9-5-7(13)6(12)4-8(9)15-10(16)14/h4-5H,1-3H3,(H2,14,15). The van der Waals surface area contributed by atoms with Crippen LogP contribution in [0.5, 0.6) is 0 Å². The maximum Gasteiger partial charge on any atom is 0.201 e. The molecule has 0 radical (unpaired) electrons. The molecule has 1 aromatic heterocycles. The van der Waals surface area contributed by atoms with Gasteiger partial charge in [-0.15, -0.1) is 0 Å². The summed E-state index contributed by atoms with van der Waals surface area (Å²) >= 11 is 5.70. The quantitative estimate of drug-likeness (QED) is 0.770. The first-order valence-electron chi connectivity index (χ1n) is 4.94. The smallest absolute Gasteiger partial charge is 0.201 e. The molecule has 0 saturated carbocycles. The highest BCUT2D eigenvalue weighted by Gasteiger charge is 2.21. The predicted molar refractivity (Wildman–Crippen MR) is 64.1 cm³/mol. The molecule has 0 fully saturated rings. The van der Waals surface area contributed by atoms with Crippen LogP contribution in [0.4, 0.5) is 10.3 Å². The van der Waals surface area contributed by atoms with Crippen LogP contribution in [0, 0.1) is 5.82 Å². The van der Waals surface area contributed by atoms with Crippen molar-refractivity contribution in [1.29, 1.82) is 0 Å². The van der Waals surface area contributed by atoms with Gasteiger partial charge in [-0.3, -0.25) is 0 Å². The van der Waals surface area contributed by atoms with E-state index in [1.165, 1.54) is 12.1 Å². The van der Waals surface area contributed by atoms with E-state index in [1.807, 2.05) is 20.8 Å². The molecule has 1 heterocycles. The van der Waals surface area contributed by atoms with Crippen molar-refractivity contribution in [3.63, 3.8) is 0 Å². The summed E-state index contributed by atoms with van der Waals surface area (Å²) in [5.41, 5.74) is 6.84. The molecular formula is C11H13ClFN3. The van der Waals surface area contributed by atoms with Gasteiger partial charge < -0.3 is 10.3 Å². The van der Waals surface area contributed by atoms with Gasteiger partial charge in [0, 0.05) is 11.6 Å². The molecular weight excluding hydrogens is 229 g/mol. The first-order chi connectivity index (χ1) is 7.30. The number of hydrogen-bond donors (Lipinski definition) is 1. The van der Waals surface area contributed by atoms with Gasteiger partial charge in [-0.05, 0) is 26.8 Å². The van der Waals surface area contributed by atoms with Crippen molar-refractivity contribution in [2.24, 2.45) is 0 Å². The summed E-state index contributed by atoms with van der Waals surface area (Å²) in [6, 6.07) is 2.86. The first-order valence-corrected chi connectivity index (χ1v) is 5.32. The Kier molecular flexibility index (Phi) is 2.35. The average molecular weight is 242 g/mol. The molecule has 2 aromatic rings. The van der Waals surface area contributed by atoms with Crippen LogP contribution >= 0.6 is 11.6 Å². The maximum absolute atomic E-state index is 13.4. The van der Waals surface area contributed by atoms with E-state index in [4.69, 9.17) is 17.3 Å². The van der Waals surface area contributed by atoms with Gasteiger partial charge in [-0.25, -0.2) is 9.37 Å². The van der Waals surface area contributed by atoms with Crippen LogP contribution in [0.1, 0.15) is 20.8 Å². The van der Waals surface area contributed by atoms with Gasteiger partial charge in [-0.1, -0.05) is 11.6 Å². The van der Waals surface area contributed by atoms with E-state index >= 15 is 0 Å². The van der Waals surface area contributed by atoms with Crippen LogP contribution in [-0.4, -0.2) is 9.55 Å². The minimum Gasteiger partial charge on any atom is -0.369 e. The van der Waals surface area contributed by atoms with Crippen molar-refractivity contribution >= 4 is 28.6 Å². The summed E-state index contributed by atoms with van der Waals surface area (Å²) in [4.78, 5) is 4.17. The largest absolute Gasteiger partial charge is 0.369 e. The van der Waals surface area contributed by atoms with Crippen LogP contribution in [0.2, 0.25) is 5.02 Å². The average Bonchev–Trinajstić information content (AvgIpc) is 2.40. The summed E-state index contributed by atoms with van der Waals surface area (Å²) in [7, 11) is 0. The Hall–Kier alpha value is -1.29. The number of nitrogen functional groups attached to an aromatic ring is 1. The molecule has 0 aliphatic carbocycles. The number of rotatable bonds is 0. The lowest BCUT2D eigenvalue weighted by molar-refractivity contribution is 0.414. The maximum atomic E-state index is 13.4. The Balaban J connectivity index is 2.84. The molecule has 0 amide bonds. The molecule has 0 unspecified atom stereocenters. The van der Waals surface area contributed by atoms with Crippen LogP contribution in [-0.2, 0) is 5.54 Å². The molecule has 86 valence electrons. The number of halogens is 2. The molecule has 0 aliphatic heterocycles. The molecule has 0 atom stereocenters. The number of anilines is 1. The Morgan fingerprint density at radius 1 is 1.38 bits per heavy atom. The minimum atomic E-state index is -0.459. The van der Waals surface area contributed by atoms with Gasteiger partial charge in [0.25, 0.3) is 0 Å². The summed E-state index contributed by atoms with van der Waals surface area (Å²) in [5.74, 6) is -0.0938. The summed E-state index contributed by atoms with van der Waals surface area (Å²) in [5, 5.41) is 0.0612. The van der Waals surface area contributed by atoms with Gasteiger partial charge in [-0.2, -0.15) is 0 Å². The number of benzene rings is 1. The molecule has 2 rings (SSSR count). The number of nitrogens with two attached hydrogens (primary N) is 1. The van der Waals surface area contributed by atoms with Crippen LogP contribution in [0.15, 0.2) is 12.1 Å². The number of hydrogen-bond acceptors (Lipinski definition) is 2. The number of aromatic nitrogens is 2. The molecule has 2 N–H and O–H groups in total. The van der Waals surface area contributed by atoms with Gasteiger partial charge in [0.2, 0.25) is 5.95 Å². The zero-order chi connectivity index (χ0) is 12.1. The molecule has 3 nitrogen and oxygen atoms in total. The van der Waals surface area contributed by atoms with Crippen molar-refractivity contribution in [1.82, 2.24) is 9.55 Å². The highest BCUT2D eigenvalue weighted by molar-refractivity contribution is 6.31. The molecule has 0 spiro atoms. The highest BCUT2D eigenvalue weighted by Crippen LogP contribution is 2.29. The Labute approximate surface area is 98.0 Å². The van der Waals surface area contributed by atoms with Gasteiger partial charge in [0.1, 0.15) is 5.82 Å². The van der Waals surface area contributed by atoms with Crippen molar-refractivity contribution < 1.29 is 4.39 Å². The highest BCUT2D eigenvalue weighted by atomic mass is 35.5. The minimum absolute atomic E-state index is 0.0612. The fourth-order valence-electron chi connectivity index (χ4n) is 1.80. The zero-order valence-electron chi connectivity index (χ0n) is 9.38. The summed E-state index contributed by atoms with van der Waals surface area (Å²) in [6.07, 6.45) is 0. The van der Waals surface area contributed by atoms with Crippen molar-refractivity contribution in [3.8, 4) is 0 Å². The third-order valence-electron chi connectivity index (χ3n) is 2.39. The summed E-state index contributed by atoms with van der Waals surface area (Å²) < 4.78 is 15.2. The fourth-order valence-corrected chi connectivity index (χ4v) is 1.95. The molecule has 5 heteroatoms. The second-order valence-corrected chi connectivity index (χ2v) is 5.14. The lowest BCUT2D eigenvalue weighted by Crippen LogP contribution is -2.23. The van der Waals surface area contributed by atoms with Crippen molar-refractivity contribution in [2.75, 3.05) is 5.73 Å². The van der Waals surface area contributed by atoms with Gasteiger partial charge >= 0.3 is 0 Å². The second-order valence-electron chi connectivity index (χ2n) is 4.73. The van der Waals surface area contributed by atoms with E-state index in [1.54, 1.807) is 4.57 Å². The fraction of sp³-hybridized carbons (Fsp3) is 0.364. The number of fused-ring (bicyclic) bond motifs is 1. The van der Waals surface area contributed by atoms with E-state index in [0.29, 0.717) is 17.0 Å². The molecule has 0 bridgehead atoms. The van der Waals surface area contributed by atoms with E-state index in [2.05, 4.69) is 4.98 Å². The van der Waals surface area contributed by atoms with E-state index in [9.17, 15) is 4.39 Å². The lowest BCUT2D eigenvalue weighted by Gasteiger charge is -2.23. The van der Waals surface area contributed by atoms with Gasteiger partial charge in [0.05, 0.1) is 16.1 Å². The number of imidazole rings is 1. The van der Waals surface area contributed by atoms with Crippen molar-refractivity contribution in [3.05, 3.63) is 23.0 Å². The Morgan fingerprint density at radius 3 is 2.56 bits per heavy atom. The van der Waals surface area contributed by atoms with E-state index in [-0.39, 0.29) is 10.6 Å². The SMILES string of the molecule is CC(C)(C)n1c(N)nc2cc(Cl)c(F)cc21. The van der Waals surface area contributed by atoms with Crippen LogP contribution in [0.3, 0.4) is 0 Å². The Morgan fingerprint density at radius 2 is 2.00 bits per heavy atom. The monoisotopic (exact) mass is 241 g/mol. The normalized spacial score (nSPS) is 12.3. The lowest BCUT2D eigenvalue weighted by atomic mass is 10.1. The number of nitrogens with zero attached hydrogens (tertiary/aromatic N) is 2. The van der Waals surface area contributed by atoms with E-state index in [0.717, 1.165) is 0 Å². The summed E-state index contributed by atoms with van der Waals surface area (Å²) in [6.45, 7) is 5.95. The molecule has 0 saturated heterocycles. The zero-order valence-corrected chi connectivity index (χ0v) is 10.1. The Bertz CT molecular complexity index is 554. The molecule has 16 heavy (non-hydrogen) atoms. The van der Waals surface area contributed by atoms with Gasteiger partial charge in [0.15, 0.2) is 0 Å².